The van der Waals surface area contributed by atoms with E-state index in [9.17, 15) is 13.2 Å². The lowest BCUT2D eigenvalue weighted by atomic mass is 9.87. The zero-order chi connectivity index (χ0) is 20.5. The van der Waals surface area contributed by atoms with E-state index in [2.05, 4.69) is 0 Å². The lowest BCUT2D eigenvalue weighted by molar-refractivity contribution is -0.110. The number of nitrogens with two attached hydrogens (primary N) is 1. The molecule has 1 heterocycles. The maximum absolute atomic E-state index is 13.3. The average molecular weight is 403 g/mol. The molecule has 0 aromatic heterocycles. The van der Waals surface area contributed by atoms with Gasteiger partial charge in [-0.2, -0.15) is 4.31 Å². The molecule has 0 bridgehead atoms. The summed E-state index contributed by atoms with van der Waals surface area (Å²) in [6.07, 6.45) is -0.607. The molecule has 2 N–H and O–H groups in total. The van der Waals surface area contributed by atoms with Crippen molar-refractivity contribution in [1.29, 1.82) is 0 Å². The summed E-state index contributed by atoms with van der Waals surface area (Å²) in [5.74, 6) is -0.591. The highest BCUT2D eigenvalue weighted by atomic mass is 32.2. The van der Waals surface area contributed by atoms with Crippen molar-refractivity contribution in [3.8, 4) is 0 Å². The quantitative estimate of drug-likeness (QED) is 0.851. The molecule has 0 saturated carbocycles. The smallest absolute Gasteiger partial charge is 0.248 e. The SMILES string of the molecule is CC(C)(C)[C@H]1CN(S(=O)(=O)c2ccc(C(N)=O)cc2)C[C@@H](c2ccccc2)O1. The standard InChI is InChI=1S/C21H26N2O4S/c1-21(2,3)19-14-23(13-18(27-19)15-7-5-4-6-8-15)28(25,26)17-11-9-16(10-12-17)20(22)24/h4-12,18-19H,13-14H2,1-3H3,(H2,22,24)/t18-,19+/m0/s1. The van der Waals surface area contributed by atoms with Crippen LogP contribution in [0.4, 0.5) is 0 Å². The van der Waals surface area contributed by atoms with Gasteiger partial charge in [0.05, 0.1) is 17.1 Å². The van der Waals surface area contributed by atoms with Crippen LogP contribution in [0.3, 0.4) is 0 Å². The van der Waals surface area contributed by atoms with Gasteiger partial charge in [0.25, 0.3) is 0 Å². The lowest BCUT2D eigenvalue weighted by Crippen LogP contribution is -2.51. The fourth-order valence-corrected chi connectivity index (χ4v) is 4.64. The van der Waals surface area contributed by atoms with Gasteiger partial charge in [-0.05, 0) is 35.2 Å². The molecule has 1 fully saturated rings. The summed E-state index contributed by atoms with van der Waals surface area (Å²) >= 11 is 0. The van der Waals surface area contributed by atoms with Crippen molar-refractivity contribution in [3.63, 3.8) is 0 Å². The van der Waals surface area contributed by atoms with Crippen molar-refractivity contribution in [3.05, 3.63) is 65.7 Å². The number of nitrogens with zero attached hydrogens (tertiary/aromatic N) is 1. The Bertz CT molecular complexity index is 935. The van der Waals surface area contributed by atoms with E-state index in [0.29, 0.717) is 0 Å². The van der Waals surface area contributed by atoms with Gasteiger partial charge in [0.15, 0.2) is 0 Å². The third-order valence-corrected chi connectivity index (χ3v) is 6.83. The second-order valence-corrected chi connectivity index (χ2v) is 10.0. The number of hydrogen-bond donors (Lipinski definition) is 1. The van der Waals surface area contributed by atoms with E-state index < -0.39 is 15.9 Å². The van der Waals surface area contributed by atoms with Crippen molar-refractivity contribution in [1.82, 2.24) is 4.31 Å². The average Bonchev–Trinajstić information content (AvgIpc) is 2.67. The zero-order valence-corrected chi connectivity index (χ0v) is 17.1. The molecular formula is C21H26N2O4S. The Morgan fingerprint density at radius 1 is 1.04 bits per heavy atom. The molecule has 1 saturated heterocycles. The van der Waals surface area contributed by atoms with Crippen LogP contribution < -0.4 is 5.73 Å². The lowest BCUT2D eigenvalue weighted by Gasteiger charge is -2.42. The Morgan fingerprint density at radius 2 is 1.64 bits per heavy atom. The summed E-state index contributed by atoms with van der Waals surface area (Å²) in [5, 5.41) is 0. The first kappa shape index (κ1) is 20.5. The predicted molar refractivity (Wildman–Crippen MR) is 107 cm³/mol. The van der Waals surface area contributed by atoms with Gasteiger partial charge in [-0.3, -0.25) is 4.79 Å². The number of carbonyl (C=O) groups is 1. The molecule has 1 aliphatic rings. The van der Waals surface area contributed by atoms with E-state index in [1.54, 1.807) is 0 Å². The molecule has 1 aliphatic heterocycles. The molecule has 2 aromatic rings. The van der Waals surface area contributed by atoms with Crippen molar-refractivity contribution in [2.24, 2.45) is 11.1 Å². The van der Waals surface area contributed by atoms with Crippen LogP contribution in [-0.2, 0) is 14.8 Å². The van der Waals surface area contributed by atoms with Crippen molar-refractivity contribution in [2.45, 2.75) is 37.9 Å². The number of morpholine rings is 1. The monoisotopic (exact) mass is 402 g/mol. The summed E-state index contributed by atoms with van der Waals surface area (Å²) in [5.41, 5.74) is 6.24. The van der Waals surface area contributed by atoms with Crippen LogP contribution in [0.15, 0.2) is 59.5 Å². The highest BCUT2D eigenvalue weighted by molar-refractivity contribution is 7.89. The Morgan fingerprint density at radius 3 is 2.18 bits per heavy atom. The van der Waals surface area contributed by atoms with Crippen molar-refractivity contribution in [2.75, 3.05) is 13.1 Å². The maximum atomic E-state index is 13.3. The van der Waals surface area contributed by atoms with Crippen molar-refractivity contribution >= 4 is 15.9 Å². The number of rotatable bonds is 4. The Kier molecular flexibility index (Phi) is 5.61. The number of ether oxygens (including phenoxy) is 1. The molecule has 150 valence electrons. The minimum absolute atomic E-state index is 0.138. The fraction of sp³-hybridized carbons (Fsp3) is 0.381. The minimum Gasteiger partial charge on any atom is -0.367 e. The van der Waals surface area contributed by atoms with E-state index in [0.717, 1.165) is 5.56 Å². The fourth-order valence-electron chi connectivity index (χ4n) is 3.19. The summed E-state index contributed by atoms with van der Waals surface area (Å²) < 4.78 is 34.3. The molecular weight excluding hydrogens is 376 g/mol. The molecule has 3 rings (SSSR count). The van der Waals surface area contributed by atoms with Crippen LogP contribution in [0.2, 0.25) is 0 Å². The normalized spacial score (nSPS) is 21.4. The van der Waals surface area contributed by atoms with Crippen LogP contribution in [0, 0.1) is 5.41 Å². The first-order chi connectivity index (χ1) is 13.1. The van der Waals surface area contributed by atoms with Gasteiger partial charge in [-0.25, -0.2) is 8.42 Å². The first-order valence-corrected chi connectivity index (χ1v) is 10.6. The molecule has 2 atom stereocenters. The number of benzene rings is 2. The number of primary amides is 1. The second-order valence-electron chi connectivity index (χ2n) is 8.10. The van der Waals surface area contributed by atoms with Crippen molar-refractivity contribution < 1.29 is 17.9 Å². The molecule has 1 amide bonds. The number of sulfonamides is 1. The Balaban J connectivity index is 1.94. The Labute approximate surface area is 166 Å². The van der Waals surface area contributed by atoms with E-state index in [4.69, 9.17) is 10.5 Å². The predicted octanol–water partition coefficient (Wildman–Crippen LogP) is 2.96. The molecule has 0 unspecified atom stereocenters. The van der Waals surface area contributed by atoms with Crippen LogP contribution in [0.5, 0.6) is 0 Å². The highest BCUT2D eigenvalue weighted by Crippen LogP contribution is 2.35. The molecule has 2 aromatic carbocycles. The van der Waals surface area contributed by atoms with Gasteiger partial charge in [-0.1, -0.05) is 51.1 Å². The van der Waals surface area contributed by atoms with Gasteiger partial charge < -0.3 is 10.5 Å². The van der Waals surface area contributed by atoms with E-state index in [-0.39, 0.29) is 41.2 Å². The topological polar surface area (TPSA) is 89.7 Å². The summed E-state index contributed by atoms with van der Waals surface area (Å²) in [6, 6.07) is 15.4. The summed E-state index contributed by atoms with van der Waals surface area (Å²) in [7, 11) is -3.74. The third-order valence-electron chi connectivity index (χ3n) is 4.98. The van der Waals surface area contributed by atoms with E-state index >= 15 is 0 Å². The van der Waals surface area contributed by atoms with Gasteiger partial charge in [0.2, 0.25) is 15.9 Å². The molecule has 0 radical (unpaired) electrons. The maximum Gasteiger partial charge on any atom is 0.248 e. The molecule has 28 heavy (non-hydrogen) atoms. The van der Waals surface area contributed by atoms with Gasteiger partial charge in [0.1, 0.15) is 0 Å². The summed E-state index contributed by atoms with van der Waals surface area (Å²) in [4.78, 5) is 11.4. The largest absolute Gasteiger partial charge is 0.367 e. The highest BCUT2D eigenvalue weighted by Gasteiger charge is 2.40. The van der Waals surface area contributed by atoms with Gasteiger partial charge >= 0.3 is 0 Å². The van der Waals surface area contributed by atoms with Gasteiger partial charge in [0, 0.05) is 18.7 Å². The Hall–Kier alpha value is -2.22. The van der Waals surface area contributed by atoms with Crippen LogP contribution in [0.25, 0.3) is 0 Å². The second kappa shape index (κ2) is 7.66. The number of amides is 1. The first-order valence-electron chi connectivity index (χ1n) is 9.19. The van der Waals surface area contributed by atoms with E-state index in [1.807, 2.05) is 51.1 Å². The van der Waals surface area contributed by atoms with Crippen LogP contribution in [-0.4, -0.2) is 37.8 Å². The van der Waals surface area contributed by atoms with Crippen LogP contribution in [0.1, 0.15) is 42.8 Å². The zero-order valence-electron chi connectivity index (χ0n) is 16.3. The van der Waals surface area contributed by atoms with Gasteiger partial charge in [-0.15, -0.1) is 0 Å². The van der Waals surface area contributed by atoms with E-state index in [1.165, 1.54) is 28.6 Å². The third kappa shape index (κ3) is 4.27. The number of carbonyl (C=O) groups excluding carboxylic acids is 1. The molecule has 0 spiro atoms. The minimum atomic E-state index is -3.74. The molecule has 7 heteroatoms. The number of hydrogen-bond acceptors (Lipinski definition) is 4. The summed E-state index contributed by atoms with van der Waals surface area (Å²) in [6.45, 7) is 6.62. The van der Waals surface area contributed by atoms with Crippen LogP contribution >= 0.6 is 0 Å². The molecule has 0 aliphatic carbocycles. The molecule has 6 nitrogen and oxygen atoms in total.